The highest BCUT2D eigenvalue weighted by Gasteiger charge is 2.55. The molecule has 8 heteroatoms. The molecule has 2 aromatic rings. The quantitative estimate of drug-likeness (QED) is 0.815. The number of amides is 3. The van der Waals surface area contributed by atoms with Gasteiger partial charge in [0.2, 0.25) is 0 Å². The zero-order valence-electron chi connectivity index (χ0n) is 17.4. The van der Waals surface area contributed by atoms with Crippen molar-refractivity contribution in [2.24, 2.45) is 0 Å². The lowest BCUT2D eigenvalue weighted by molar-refractivity contribution is -0.140. The van der Waals surface area contributed by atoms with Gasteiger partial charge in [0.15, 0.2) is 0 Å². The first-order valence-electron chi connectivity index (χ1n) is 10.7. The third kappa shape index (κ3) is 3.50. The van der Waals surface area contributed by atoms with E-state index in [1.807, 2.05) is 18.2 Å². The summed E-state index contributed by atoms with van der Waals surface area (Å²) in [5.41, 5.74) is 1.54. The van der Waals surface area contributed by atoms with E-state index in [-0.39, 0.29) is 18.7 Å². The molecular weight excluding hydrogens is 397 g/mol. The van der Waals surface area contributed by atoms with E-state index >= 15 is 0 Å². The molecule has 1 N–H and O–H groups in total. The van der Waals surface area contributed by atoms with E-state index in [1.165, 1.54) is 16.5 Å². The van der Waals surface area contributed by atoms with Gasteiger partial charge in [0.05, 0.1) is 6.54 Å². The van der Waals surface area contributed by atoms with E-state index in [9.17, 15) is 14.0 Å². The van der Waals surface area contributed by atoms with Gasteiger partial charge in [-0.25, -0.2) is 9.18 Å². The van der Waals surface area contributed by atoms with E-state index in [0.29, 0.717) is 5.56 Å². The number of halogens is 1. The number of hydrogen-bond acceptors (Lipinski definition) is 5. The maximum absolute atomic E-state index is 14.2. The number of urea groups is 1. The summed E-state index contributed by atoms with van der Waals surface area (Å²) in [7, 11) is 1.70. The molecule has 3 fully saturated rings. The summed E-state index contributed by atoms with van der Waals surface area (Å²) >= 11 is 0. The second-order valence-electron chi connectivity index (χ2n) is 8.39. The van der Waals surface area contributed by atoms with Crippen molar-refractivity contribution in [3.05, 3.63) is 71.5 Å². The normalized spacial score (nSPS) is 26.8. The predicted molar refractivity (Wildman–Crippen MR) is 113 cm³/mol. The van der Waals surface area contributed by atoms with E-state index in [2.05, 4.69) is 27.2 Å². The van der Waals surface area contributed by atoms with Crippen LogP contribution in [-0.4, -0.2) is 70.2 Å². The van der Waals surface area contributed by atoms with Crippen molar-refractivity contribution < 1.29 is 14.0 Å². The molecule has 2 aromatic carbocycles. The average Bonchev–Trinajstić information content (AvgIpc) is 3.18. The van der Waals surface area contributed by atoms with Crippen LogP contribution in [-0.2, 0) is 17.9 Å². The monoisotopic (exact) mass is 423 g/mol. The van der Waals surface area contributed by atoms with Gasteiger partial charge in [-0.15, -0.1) is 0 Å². The third-order valence-corrected chi connectivity index (χ3v) is 6.48. The van der Waals surface area contributed by atoms with E-state index in [0.717, 1.165) is 26.1 Å². The number of hydrogen-bond donors (Lipinski definition) is 1. The molecule has 162 valence electrons. The highest BCUT2D eigenvalue weighted by atomic mass is 19.1. The number of likely N-dealkylation sites (N-methyl/N-ethyl adjacent to an activating group) is 1. The second kappa shape index (κ2) is 8.03. The van der Waals surface area contributed by atoms with Gasteiger partial charge in [0.25, 0.3) is 5.91 Å². The van der Waals surface area contributed by atoms with Crippen LogP contribution >= 0.6 is 0 Å². The van der Waals surface area contributed by atoms with Crippen LogP contribution in [0, 0.1) is 5.82 Å². The Balaban J connectivity index is 1.40. The van der Waals surface area contributed by atoms with Gasteiger partial charge >= 0.3 is 6.03 Å². The number of benzene rings is 2. The molecule has 5 rings (SSSR count). The summed E-state index contributed by atoms with van der Waals surface area (Å²) in [5.74, 6) is -0.685. The first kappa shape index (κ1) is 20.1. The van der Waals surface area contributed by atoms with Crippen LogP contribution in [0.15, 0.2) is 54.6 Å². The number of nitrogens with one attached hydrogen (secondary N) is 1. The minimum Gasteiger partial charge on any atom is -0.310 e. The molecule has 0 saturated carbocycles. The maximum atomic E-state index is 14.2. The van der Waals surface area contributed by atoms with Crippen molar-refractivity contribution in [1.82, 2.24) is 24.9 Å². The SMILES string of the molecule is CN1C(=O)N(Cc2ccccc2F)C(=O)C2C1NC1N(Cc3ccccc3)CCCN21. The zero-order chi connectivity index (χ0) is 21.5. The fourth-order valence-electron chi connectivity index (χ4n) is 4.92. The van der Waals surface area contributed by atoms with Gasteiger partial charge in [0, 0.05) is 32.2 Å². The van der Waals surface area contributed by atoms with Crippen molar-refractivity contribution >= 4 is 11.9 Å². The van der Waals surface area contributed by atoms with Crippen LogP contribution in [0.3, 0.4) is 0 Å². The average molecular weight is 423 g/mol. The number of carbonyl (C=O) groups excluding carboxylic acids is 2. The summed E-state index contributed by atoms with van der Waals surface area (Å²) in [6.45, 7) is 2.38. The second-order valence-corrected chi connectivity index (χ2v) is 8.39. The lowest BCUT2D eigenvalue weighted by Crippen LogP contribution is -2.66. The van der Waals surface area contributed by atoms with Crippen LogP contribution in [0.1, 0.15) is 17.5 Å². The molecule has 0 aliphatic carbocycles. The van der Waals surface area contributed by atoms with Gasteiger partial charge in [-0.3, -0.25) is 24.8 Å². The Hall–Kier alpha value is -2.81. The Bertz CT molecular complexity index is 987. The van der Waals surface area contributed by atoms with Crippen LogP contribution in [0.25, 0.3) is 0 Å². The van der Waals surface area contributed by atoms with Gasteiger partial charge in [0.1, 0.15) is 24.3 Å². The molecule has 3 aliphatic heterocycles. The molecule has 0 aromatic heterocycles. The Kier molecular flexibility index (Phi) is 5.21. The number of nitrogens with zero attached hydrogens (tertiary/aromatic N) is 4. The Morgan fingerprint density at radius 2 is 1.74 bits per heavy atom. The van der Waals surface area contributed by atoms with Crippen molar-refractivity contribution in [3.63, 3.8) is 0 Å². The molecule has 0 radical (unpaired) electrons. The van der Waals surface area contributed by atoms with Gasteiger partial charge in [-0.05, 0) is 18.1 Å². The number of fused-ring (bicyclic) bond motifs is 3. The summed E-state index contributed by atoms with van der Waals surface area (Å²) in [6, 6.07) is 15.6. The Morgan fingerprint density at radius 1 is 1.00 bits per heavy atom. The summed E-state index contributed by atoms with van der Waals surface area (Å²) in [6.07, 6.45) is 0.404. The molecule has 3 heterocycles. The molecule has 0 bridgehead atoms. The van der Waals surface area contributed by atoms with Crippen LogP contribution in [0.5, 0.6) is 0 Å². The van der Waals surface area contributed by atoms with Crippen LogP contribution in [0.2, 0.25) is 0 Å². The maximum Gasteiger partial charge on any atom is 0.328 e. The minimum absolute atomic E-state index is 0.0653. The number of imide groups is 1. The van der Waals surface area contributed by atoms with E-state index in [4.69, 9.17) is 0 Å². The molecule has 3 saturated heterocycles. The zero-order valence-corrected chi connectivity index (χ0v) is 17.4. The largest absolute Gasteiger partial charge is 0.328 e. The van der Waals surface area contributed by atoms with Crippen molar-refractivity contribution in [3.8, 4) is 0 Å². The van der Waals surface area contributed by atoms with Crippen LogP contribution in [0.4, 0.5) is 9.18 Å². The third-order valence-electron chi connectivity index (χ3n) is 6.48. The van der Waals surface area contributed by atoms with E-state index < -0.39 is 24.1 Å². The first-order chi connectivity index (χ1) is 15.0. The molecule has 3 aliphatic rings. The number of rotatable bonds is 4. The lowest BCUT2D eigenvalue weighted by atomic mass is 10.1. The van der Waals surface area contributed by atoms with Crippen molar-refractivity contribution in [2.75, 3.05) is 20.1 Å². The van der Waals surface area contributed by atoms with Gasteiger partial charge in [-0.1, -0.05) is 48.5 Å². The summed E-state index contributed by atoms with van der Waals surface area (Å²) in [5, 5.41) is 3.51. The lowest BCUT2D eigenvalue weighted by Gasteiger charge is -2.43. The highest BCUT2D eigenvalue weighted by molar-refractivity contribution is 6.00. The fraction of sp³-hybridized carbons (Fsp3) is 0.391. The summed E-state index contributed by atoms with van der Waals surface area (Å²) in [4.78, 5) is 33.7. The number of carbonyl (C=O) groups is 2. The standard InChI is InChI=1S/C23H26FN5O2/c1-26-20-19(21(30)29(23(26)31)15-17-10-5-6-11-18(17)24)28-13-7-12-27(22(28)25-20)14-16-8-3-2-4-9-16/h2-6,8-11,19-20,22,25H,7,12-15H2,1H3. The van der Waals surface area contributed by atoms with Crippen LogP contribution < -0.4 is 5.32 Å². The van der Waals surface area contributed by atoms with Crippen molar-refractivity contribution in [1.29, 1.82) is 0 Å². The molecule has 3 amide bonds. The first-order valence-corrected chi connectivity index (χ1v) is 10.7. The van der Waals surface area contributed by atoms with Crippen molar-refractivity contribution in [2.45, 2.75) is 38.0 Å². The van der Waals surface area contributed by atoms with E-state index in [1.54, 1.807) is 30.1 Å². The summed E-state index contributed by atoms with van der Waals surface area (Å²) < 4.78 is 14.2. The Morgan fingerprint density at radius 3 is 2.52 bits per heavy atom. The smallest absolute Gasteiger partial charge is 0.310 e. The fourth-order valence-corrected chi connectivity index (χ4v) is 4.92. The van der Waals surface area contributed by atoms with Gasteiger partial charge < -0.3 is 4.90 Å². The molecular formula is C23H26FN5O2. The topological polar surface area (TPSA) is 59.1 Å². The predicted octanol–water partition coefficient (Wildman–Crippen LogP) is 2.01. The van der Waals surface area contributed by atoms with Gasteiger partial charge in [-0.2, -0.15) is 0 Å². The molecule has 7 nitrogen and oxygen atoms in total. The molecule has 3 atom stereocenters. The molecule has 3 unspecified atom stereocenters. The molecule has 31 heavy (non-hydrogen) atoms. The Labute approximate surface area is 181 Å². The molecule has 0 spiro atoms. The highest BCUT2D eigenvalue weighted by Crippen LogP contribution is 2.32. The minimum atomic E-state index is -0.488.